The quantitative estimate of drug-likeness (QED) is 0.0476. The van der Waals surface area contributed by atoms with Gasteiger partial charge in [-0.05, 0) is 81.0 Å². The van der Waals surface area contributed by atoms with Crippen molar-refractivity contribution < 1.29 is 18.2 Å². The molecule has 5 fully saturated rings. The first-order chi connectivity index (χ1) is 67.0. The molecular weight excluding hydrogens is 1880 g/mol. The van der Waals surface area contributed by atoms with Crippen LogP contribution in [0.2, 0.25) is 0 Å². The van der Waals surface area contributed by atoms with Crippen molar-refractivity contribution >= 4 is 135 Å². The summed E-state index contributed by atoms with van der Waals surface area (Å²) in [5, 5.41) is 57.4. The highest BCUT2D eigenvalue weighted by atomic mass is 32.1. The Morgan fingerprint density at radius 1 is 0.483 bits per heavy atom. The summed E-state index contributed by atoms with van der Waals surface area (Å²) in [5.74, 6) is 12.1. The Morgan fingerprint density at radius 3 is 1.09 bits per heavy atom. The van der Waals surface area contributed by atoms with Crippen LogP contribution in [0.3, 0.4) is 0 Å². The molecule has 3 aromatic heterocycles. The zero-order chi connectivity index (χ0) is 113. The van der Waals surface area contributed by atoms with Crippen LogP contribution < -0.4 is 117 Å². The second-order valence-electron chi connectivity index (χ2n) is 29.1. The largest absolute Gasteiger partial charge is 0.389 e. The van der Waals surface area contributed by atoms with E-state index in [1.54, 1.807) is 172 Å². The molecule has 3 saturated heterocycles. The van der Waals surface area contributed by atoms with Crippen LogP contribution in [-0.4, -0.2) is 414 Å². The second-order valence-corrected chi connectivity index (χ2v) is 31.0. The normalized spacial score (nSPS) is 13.8. The van der Waals surface area contributed by atoms with E-state index in [0.717, 1.165) is 83.6 Å². The summed E-state index contributed by atoms with van der Waals surface area (Å²) >= 11 is 3.19. The third-order valence-corrected chi connectivity index (χ3v) is 18.2. The Balaban J connectivity index is -0.000000164. The number of nitro groups is 1. The molecule has 3 aliphatic heterocycles. The van der Waals surface area contributed by atoms with Gasteiger partial charge in [-0.3, -0.25) is 96.1 Å². The summed E-state index contributed by atoms with van der Waals surface area (Å²) < 4.78 is 34.3. The first-order valence-electron chi connectivity index (χ1n) is 43.8. The number of likely N-dealkylation sites (N-methyl/N-ethyl adjacent to an activating group) is 1. The Hall–Kier alpha value is -14.9. The van der Waals surface area contributed by atoms with Gasteiger partial charge in [0.05, 0.1) is 51.2 Å². The Bertz CT molecular complexity index is 4130. The first-order valence-corrected chi connectivity index (χ1v) is 45.6. The first kappa shape index (κ1) is 148. The van der Waals surface area contributed by atoms with Crippen LogP contribution in [0.25, 0.3) is 0 Å². The number of alkyl halides is 3. The maximum atomic E-state index is 11.4. The molecule has 0 atom stereocenters. The number of hydrazone groups is 1. The number of benzene rings is 1. The van der Waals surface area contributed by atoms with Crippen LogP contribution in [0, 0.1) is 38.2 Å². The minimum Gasteiger partial charge on any atom is -0.388 e. The van der Waals surface area contributed by atoms with Crippen LogP contribution in [0.4, 0.5) is 13.2 Å². The minimum absolute atomic E-state index is 0.0392. The van der Waals surface area contributed by atoms with E-state index in [1.807, 2.05) is 181 Å². The molecule has 56 heteroatoms. The van der Waals surface area contributed by atoms with E-state index < -0.39 is 17.6 Å². The lowest BCUT2D eigenvalue weighted by Gasteiger charge is -2.19. The van der Waals surface area contributed by atoms with Crippen molar-refractivity contribution in [1.29, 1.82) is 16.2 Å². The fourth-order valence-electron chi connectivity index (χ4n) is 7.56. The van der Waals surface area contributed by atoms with Crippen molar-refractivity contribution in [3.05, 3.63) is 121 Å². The van der Waals surface area contributed by atoms with Crippen LogP contribution in [-0.2, 0) is 0 Å². The van der Waals surface area contributed by atoms with Gasteiger partial charge in [0.2, 0.25) is 0 Å². The molecule has 38 N–H and O–H groups in total. The molecule has 0 unspecified atom stereocenters. The maximum absolute atomic E-state index is 11.4. The van der Waals surface area contributed by atoms with Gasteiger partial charge in [0.1, 0.15) is 28.4 Å². The number of pyridine rings is 1. The third kappa shape index (κ3) is 103. The van der Waals surface area contributed by atoms with Gasteiger partial charge in [0.15, 0.2) is 52.7 Å². The maximum Gasteiger partial charge on any atom is 0.389 e. The summed E-state index contributed by atoms with van der Waals surface area (Å²) in [7, 11) is 54.3. The van der Waals surface area contributed by atoms with Gasteiger partial charge in [0, 0.05) is 299 Å². The van der Waals surface area contributed by atoms with Gasteiger partial charge in [-0.15, -0.1) is 22.7 Å². The molecule has 6 heterocycles. The topological polar surface area (TPSA) is 797 Å². The van der Waals surface area contributed by atoms with Gasteiger partial charge in [-0.25, -0.2) is 10.1 Å². The standard InChI is InChI=1S/C8H10N2.C7H9N3.C7H10N2S.C6H8N2S.C6H12N2.C5H9F3N2.C5H11N3.C5H13N3.2C5H10N2.C4H9N3.2C4H11N3.2C3H9N3.2C3H8N2.C2H6N4O2.C2H7N3/c1-10-8(9)7-5-3-2-4-6-7;1-9-7(8)6-2-4-10-5-3-6;1-9(2)7(8)6-4-3-5-10-6;1-8-6(7)5-3-2-4-9-5;1-8(2)6(7)5-3-4-5;1-10-4(9)2-3-5(6,7)8;1-6-5-7-3-4-8(5)2;1-7(2)5(6)8(3)4;1-6-5-3-2-4-7-5;1-7-5(6)4-2-3-4;1-5-4-6-2-3-7-4;2*1-6-4(5)7(2)3;2*1-5-3(4)6-2;2*1-3(4)5-2;1-4-2(3)5-6(7)8;1-5-2(3)4/h2-6H,1H3,(H2,9,10);2-5H,1H3,(H2,8,9);3-5,8H,1-2H3;2-4H,1H3,(H2,7,8);5,7H,3-4H2,1-2H3;2-3H2,1H3,(H2,9,10);3-4H2,1-2H3,(H,6,7);6H,1-4H3;2-4H2,1H3,(H,6,7);4H,2-3H2,1H3,(H2,6,7);2-3H2,1H3,(H2,5,6,7);2*1-3H3,(H2,5,6);2*1-2H3,(H3,4,5,6);2*1-2H3,(H2,4,5);1H3,(H3,3,4,5);1H3,(H4,3,4,5). The van der Waals surface area contributed by atoms with E-state index in [0.29, 0.717) is 76.6 Å². The Labute approximate surface area is 856 Å². The minimum atomic E-state index is -4.13. The Morgan fingerprint density at radius 2 is 0.895 bits per heavy atom. The average Bonchev–Trinajstić information content (AvgIpc) is 1.74. The predicted molar refractivity (Wildman–Crippen MR) is 608 cm³/mol. The number of nitrogens with one attached hydrogen (secondary N) is 10. The van der Waals surface area contributed by atoms with E-state index in [4.69, 9.17) is 96.5 Å². The van der Waals surface area contributed by atoms with E-state index in [-0.39, 0.29) is 24.2 Å². The molecule has 0 bridgehead atoms. The van der Waals surface area contributed by atoms with E-state index in [1.165, 1.54) is 59.1 Å². The molecule has 143 heavy (non-hydrogen) atoms. The third-order valence-electron chi connectivity index (χ3n) is 16.4. The number of nitrogens with zero attached hydrogens (tertiary/aromatic N) is 25. The number of thiophene rings is 2. The molecule has 0 amide bonds. The monoisotopic (exact) mass is 2060 g/mol. The van der Waals surface area contributed by atoms with Crippen molar-refractivity contribution in [2.24, 2.45) is 172 Å². The fraction of sp³-hybridized carbons (Fsp3) is 0.563. The van der Waals surface area contributed by atoms with Crippen LogP contribution in [0.15, 0.2) is 170 Å². The van der Waals surface area contributed by atoms with Crippen molar-refractivity contribution in [3.8, 4) is 0 Å². The number of amidine groups is 10. The van der Waals surface area contributed by atoms with Crippen molar-refractivity contribution in [2.45, 2.75) is 71.4 Å². The van der Waals surface area contributed by atoms with Gasteiger partial charge in [0.25, 0.3) is 5.96 Å². The molecule has 0 radical (unpaired) electrons. The van der Waals surface area contributed by atoms with Crippen molar-refractivity contribution in [1.82, 2.24) is 76.5 Å². The number of guanidine groups is 9. The molecule has 4 aromatic rings. The van der Waals surface area contributed by atoms with E-state index in [2.05, 4.69) is 127 Å². The molecule has 51 nitrogen and oxygen atoms in total. The summed E-state index contributed by atoms with van der Waals surface area (Å²) in [6, 6.07) is 21.2. The summed E-state index contributed by atoms with van der Waals surface area (Å²) in [6.45, 7) is 8.74. The molecule has 1 aromatic carbocycles. The molecule has 5 aliphatic rings. The summed E-state index contributed by atoms with van der Waals surface area (Å²) in [5.41, 5.74) is 74.3. The highest BCUT2D eigenvalue weighted by Gasteiger charge is 2.28. The number of aromatic nitrogens is 1. The van der Waals surface area contributed by atoms with Gasteiger partial charge < -0.3 is 152 Å². The number of halogens is 3. The number of aliphatic imine (C=N–C) groups is 15. The van der Waals surface area contributed by atoms with Gasteiger partial charge in [-0.2, -0.15) is 13.2 Å². The number of nitrogens with two attached hydrogens (primary N) is 14. The van der Waals surface area contributed by atoms with Crippen molar-refractivity contribution in [3.63, 3.8) is 0 Å². The predicted octanol–water partition coefficient (Wildman–Crippen LogP) is 0.780. The zero-order valence-corrected chi connectivity index (χ0v) is 92.7. The smallest absolute Gasteiger partial charge is 0.388 e. The molecule has 2 saturated carbocycles. The SMILES string of the molecule is CN(C)C(=N)C1CC1.CN(C)C(=N)N(C)C.CN(C)C(=N)c1cccs1.CN/C(N)=N\[N+](=O)[O-].CN=C(C)N.CN=C(C)N.CN=C(N)C1CC1.CN=C(N)CCC(F)(F)F.CN=C(N)N.CN=C(N)N(C)C.CN=C(N)N(C)C.CN=C(N)NC.CN=C(N)NC.CN=C(N)c1ccccc1.CN=C(N)c1cccs1.CN=C(N)c1ccncc1.CN=C1CCCN1.CN=C1NCCN1.CN=C1NCCN1C. The Kier molecular flexibility index (Phi) is 101. The highest BCUT2D eigenvalue weighted by Crippen LogP contribution is 2.30. The van der Waals surface area contributed by atoms with Crippen LogP contribution in [0.1, 0.15) is 86.1 Å². The van der Waals surface area contributed by atoms with Crippen molar-refractivity contribution in [2.75, 3.05) is 251 Å². The fourth-order valence-corrected chi connectivity index (χ4v) is 8.99. The number of rotatable bonds is 9. The number of hydrogen-bond acceptors (Lipinski definition) is 23. The van der Waals surface area contributed by atoms with E-state index in [9.17, 15) is 23.3 Å². The molecule has 2 aliphatic carbocycles. The lowest BCUT2D eigenvalue weighted by atomic mass is 10.2. The lowest BCUT2D eigenvalue weighted by Crippen LogP contribution is -2.34. The van der Waals surface area contributed by atoms with Crippen LogP contribution in [0.5, 0.6) is 0 Å². The highest BCUT2D eigenvalue weighted by molar-refractivity contribution is 7.12. The lowest BCUT2D eigenvalue weighted by molar-refractivity contribution is -0.485. The van der Waals surface area contributed by atoms with E-state index >= 15 is 0 Å². The summed E-state index contributed by atoms with van der Waals surface area (Å²) in [6.07, 6.45) is 5.52. The molecule has 818 valence electrons. The van der Waals surface area contributed by atoms with Gasteiger partial charge in [-0.1, -0.05) is 42.5 Å². The molecule has 9 rings (SSSR count). The molecule has 0 spiro atoms. The second kappa shape index (κ2) is 97.3. The number of hydrogen-bond donors (Lipinski definition) is 24. The zero-order valence-electron chi connectivity index (χ0n) is 91.0. The molecular formula is C87H180F3N49O2S2. The summed E-state index contributed by atoms with van der Waals surface area (Å²) in [4.78, 5) is 83.9. The van der Waals surface area contributed by atoms with Gasteiger partial charge >= 0.3 is 6.18 Å². The average molecular weight is 2070 g/mol. The van der Waals surface area contributed by atoms with Crippen LogP contribution >= 0.6 is 22.7 Å².